The zero-order valence-electron chi connectivity index (χ0n) is 16.8. The van der Waals surface area contributed by atoms with Gasteiger partial charge in [-0.3, -0.25) is 14.4 Å². The van der Waals surface area contributed by atoms with Crippen molar-refractivity contribution in [1.29, 1.82) is 0 Å². The lowest BCUT2D eigenvalue weighted by Crippen LogP contribution is -2.34. The highest BCUT2D eigenvalue weighted by molar-refractivity contribution is 5.78. The van der Waals surface area contributed by atoms with E-state index in [4.69, 9.17) is 0 Å². The van der Waals surface area contributed by atoms with Crippen LogP contribution >= 0.6 is 0 Å². The van der Waals surface area contributed by atoms with Gasteiger partial charge in [0, 0.05) is 32.4 Å². The van der Waals surface area contributed by atoms with Gasteiger partial charge in [0.05, 0.1) is 6.54 Å². The Morgan fingerprint density at radius 3 is 1.85 bits per heavy atom. The second-order valence-electron chi connectivity index (χ2n) is 6.79. The van der Waals surface area contributed by atoms with Crippen LogP contribution in [0.2, 0.25) is 0 Å². The summed E-state index contributed by atoms with van der Waals surface area (Å²) >= 11 is 0. The molecule has 3 N–H and O–H groups in total. The molecule has 0 aliphatic rings. The Bertz CT molecular complexity index is 386. The molecule has 0 aromatic heterocycles. The van der Waals surface area contributed by atoms with Crippen LogP contribution in [-0.4, -0.2) is 43.8 Å². The first-order valence-corrected chi connectivity index (χ1v) is 10.4. The quantitative estimate of drug-likeness (QED) is 0.324. The van der Waals surface area contributed by atoms with Crippen molar-refractivity contribution in [2.75, 3.05) is 26.2 Å². The van der Waals surface area contributed by atoms with Crippen molar-refractivity contribution in [3.05, 3.63) is 0 Å². The molecule has 6 heteroatoms. The number of nitrogens with one attached hydrogen (secondary N) is 3. The molecule has 0 rings (SSSR count). The third-order valence-corrected chi connectivity index (χ3v) is 4.10. The van der Waals surface area contributed by atoms with Crippen LogP contribution in [0.25, 0.3) is 0 Å². The molecular weight excluding hydrogens is 330 g/mol. The standard InChI is InChI=1S/C20H39N3O3/c1-3-11-18(24)12-7-5-9-15-22-19(25)13-8-6-10-16-23-20(26)17-21-14-4-2/h21H,3-17H2,1-2H3,(H,22,25)(H,23,26). The summed E-state index contributed by atoms with van der Waals surface area (Å²) in [5.41, 5.74) is 0. The van der Waals surface area contributed by atoms with Gasteiger partial charge in [0.15, 0.2) is 0 Å². The molecular formula is C20H39N3O3. The van der Waals surface area contributed by atoms with Crippen LogP contribution in [0.4, 0.5) is 0 Å². The van der Waals surface area contributed by atoms with Gasteiger partial charge in [-0.2, -0.15) is 0 Å². The maximum Gasteiger partial charge on any atom is 0.233 e. The number of carbonyl (C=O) groups excluding carboxylic acids is 3. The van der Waals surface area contributed by atoms with Gasteiger partial charge in [-0.05, 0) is 45.1 Å². The molecule has 152 valence electrons. The minimum atomic E-state index is 0.0348. The van der Waals surface area contributed by atoms with Crippen LogP contribution in [0.3, 0.4) is 0 Å². The number of rotatable bonds is 18. The van der Waals surface area contributed by atoms with E-state index in [9.17, 15) is 14.4 Å². The summed E-state index contributed by atoms with van der Waals surface area (Å²) in [5, 5.41) is 8.87. The second-order valence-corrected chi connectivity index (χ2v) is 6.79. The first-order valence-electron chi connectivity index (χ1n) is 10.4. The van der Waals surface area contributed by atoms with E-state index in [2.05, 4.69) is 22.9 Å². The average Bonchev–Trinajstić information content (AvgIpc) is 2.61. The van der Waals surface area contributed by atoms with Crippen molar-refractivity contribution in [2.45, 2.75) is 84.5 Å². The van der Waals surface area contributed by atoms with Gasteiger partial charge < -0.3 is 16.0 Å². The van der Waals surface area contributed by atoms with Crippen LogP contribution in [0.5, 0.6) is 0 Å². The summed E-state index contributed by atoms with van der Waals surface area (Å²) < 4.78 is 0. The minimum Gasteiger partial charge on any atom is -0.356 e. The zero-order chi connectivity index (χ0) is 19.5. The third-order valence-electron chi connectivity index (χ3n) is 4.10. The Hall–Kier alpha value is -1.43. The predicted molar refractivity (Wildman–Crippen MR) is 106 cm³/mol. The SMILES string of the molecule is CCCNCC(=O)NCCCCCC(=O)NCCCCCC(=O)CCC. The first-order chi connectivity index (χ1) is 12.6. The molecule has 0 aromatic carbocycles. The van der Waals surface area contributed by atoms with Crippen molar-refractivity contribution in [2.24, 2.45) is 0 Å². The highest BCUT2D eigenvalue weighted by Gasteiger charge is 2.03. The topological polar surface area (TPSA) is 87.3 Å². The Kier molecular flexibility index (Phi) is 17.4. The summed E-state index contributed by atoms with van der Waals surface area (Å²) in [6.07, 6.45) is 9.39. The molecule has 0 fully saturated rings. The molecule has 0 bridgehead atoms. The fourth-order valence-corrected chi connectivity index (χ4v) is 2.60. The lowest BCUT2D eigenvalue weighted by atomic mass is 10.1. The molecule has 0 aliphatic carbocycles. The van der Waals surface area contributed by atoms with Crippen molar-refractivity contribution in [3.8, 4) is 0 Å². The largest absolute Gasteiger partial charge is 0.356 e. The molecule has 0 saturated carbocycles. The number of carbonyl (C=O) groups is 3. The molecule has 0 atom stereocenters. The van der Waals surface area contributed by atoms with Gasteiger partial charge in [-0.1, -0.05) is 26.7 Å². The van der Waals surface area contributed by atoms with Gasteiger partial charge >= 0.3 is 0 Å². The van der Waals surface area contributed by atoms with Gasteiger partial charge in [0.25, 0.3) is 0 Å². The van der Waals surface area contributed by atoms with Gasteiger partial charge in [-0.15, -0.1) is 0 Å². The number of unbranched alkanes of at least 4 members (excludes halogenated alkanes) is 4. The summed E-state index contributed by atoms with van der Waals surface area (Å²) in [4.78, 5) is 34.6. The average molecular weight is 370 g/mol. The monoisotopic (exact) mass is 369 g/mol. The number of hydrogen-bond donors (Lipinski definition) is 3. The Morgan fingerprint density at radius 1 is 0.615 bits per heavy atom. The van der Waals surface area contributed by atoms with E-state index in [1.807, 2.05) is 6.92 Å². The summed E-state index contributed by atoms with van der Waals surface area (Å²) in [5.74, 6) is 0.484. The van der Waals surface area contributed by atoms with Crippen molar-refractivity contribution in [3.63, 3.8) is 0 Å². The maximum absolute atomic E-state index is 11.7. The van der Waals surface area contributed by atoms with Crippen LogP contribution < -0.4 is 16.0 Å². The van der Waals surface area contributed by atoms with Crippen molar-refractivity contribution >= 4 is 17.6 Å². The van der Waals surface area contributed by atoms with Gasteiger partial charge in [0.2, 0.25) is 11.8 Å². The smallest absolute Gasteiger partial charge is 0.233 e. The molecule has 0 saturated heterocycles. The molecule has 26 heavy (non-hydrogen) atoms. The molecule has 0 heterocycles. The van der Waals surface area contributed by atoms with E-state index in [1.165, 1.54) is 0 Å². The van der Waals surface area contributed by atoms with Crippen LogP contribution in [0, 0.1) is 0 Å². The summed E-state index contributed by atoms with van der Waals surface area (Å²) in [7, 11) is 0. The fourth-order valence-electron chi connectivity index (χ4n) is 2.60. The summed E-state index contributed by atoms with van der Waals surface area (Å²) in [6, 6.07) is 0. The minimum absolute atomic E-state index is 0.0348. The van der Waals surface area contributed by atoms with E-state index < -0.39 is 0 Å². The van der Waals surface area contributed by atoms with E-state index in [0.717, 1.165) is 57.9 Å². The van der Waals surface area contributed by atoms with Crippen LogP contribution in [0.15, 0.2) is 0 Å². The number of Topliss-reactive ketones (excluding diaryl/α,β-unsaturated/α-hetero) is 1. The van der Waals surface area contributed by atoms with Gasteiger partial charge in [0.1, 0.15) is 5.78 Å². The molecule has 0 spiro atoms. The highest BCUT2D eigenvalue weighted by Crippen LogP contribution is 2.04. The summed E-state index contributed by atoms with van der Waals surface area (Å²) in [6.45, 7) is 6.70. The van der Waals surface area contributed by atoms with Crippen LogP contribution in [0.1, 0.15) is 84.5 Å². The van der Waals surface area contributed by atoms with E-state index in [1.54, 1.807) is 0 Å². The molecule has 0 aliphatic heterocycles. The molecule has 6 nitrogen and oxygen atoms in total. The molecule has 2 amide bonds. The Morgan fingerprint density at radius 2 is 1.23 bits per heavy atom. The Labute approximate surface area is 159 Å². The van der Waals surface area contributed by atoms with Crippen LogP contribution in [-0.2, 0) is 14.4 Å². The highest BCUT2D eigenvalue weighted by atomic mass is 16.2. The van der Waals surface area contributed by atoms with E-state index in [-0.39, 0.29) is 11.8 Å². The Balaban J connectivity index is 3.34. The van der Waals surface area contributed by atoms with Crippen molar-refractivity contribution in [1.82, 2.24) is 16.0 Å². The number of ketones is 1. The maximum atomic E-state index is 11.7. The lowest BCUT2D eigenvalue weighted by Gasteiger charge is -2.07. The van der Waals surface area contributed by atoms with Crippen molar-refractivity contribution < 1.29 is 14.4 Å². The zero-order valence-corrected chi connectivity index (χ0v) is 16.8. The normalized spacial score (nSPS) is 10.5. The molecule has 0 radical (unpaired) electrons. The molecule has 0 aromatic rings. The predicted octanol–water partition coefficient (Wildman–Crippen LogP) is 2.71. The van der Waals surface area contributed by atoms with E-state index in [0.29, 0.717) is 44.7 Å². The second kappa shape index (κ2) is 18.4. The fraction of sp³-hybridized carbons (Fsp3) is 0.850. The molecule has 0 unspecified atom stereocenters. The van der Waals surface area contributed by atoms with Gasteiger partial charge in [-0.25, -0.2) is 0 Å². The third kappa shape index (κ3) is 17.4. The number of hydrogen-bond acceptors (Lipinski definition) is 4. The van der Waals surface area contributed by atoms with E-state index >= 15 is 0 Å². The first kappa shape index (κ1) is 24.6. The lowest BCUT2D eigenvalue weighted by molar-refractivity contribution is -0.121. The number of amides is 2.